The summed E-state index contributed by atoms with van der Waals surface area (Å²) in [4.78, 5) is 4.20. The van der Waals surface area contributed by atoms with Gasteiger partial charge in [0.05, 0.1) is 6.20 Å². The smallest absolute Gasteiger partial charge is 0.138 e. The van der Waals surface area contributed by atoms with Crippen molar-refractivity contribution in [3.63, 3.8) is 0 Å². The van der Waals surface area contributed by atoms with Crippen LogP contribution in [0.3, 0.4) is 0 Å². The third-order valence-corrected chi connectivity index (χ3v) is 2.55. The van der Waals surface area contributed by atoms with Gasteiger partial charge in [0.15, 0.2) is 0 Å². The Hall–Kier alpha value is -1.82. The molecule has 1 N–H and O–H groups in total. The summed E-state index contributed by atoms with van der Waals surface area (Å²) < 4.78 is 1.78. The molecule has 6 nitrogen and oxygen atoms in total. The van der Waals surface area contributed by atoms with Crippen molar-refractivity contribution < 1.29 is 0 Å². The highest BCUT2D eigenvalue weighted by Gasteiger charge is 2.13. The highest BCUT2D eigenvalue weighted by molar-refractivity contribution is 5.13. The Morgan fingerprint density at radius 2 is 2.31 bits per heavy atom. The van der Waals surface area contributed by atoms with E-state index >= 15 is 0 Å². The van der Waals surface area contributed by atoms with E-state index in [1.165, 1.54) is 0 Å². The van der Waals surface area contributed by atoms with Crippen molar-refractivity contribution in [2.75, 3.05) is 7.05 Å². The minimum absolute atomic E-state index is 0.179. The Labute approximate surface area is 93.7 Å². The summed E-state index contributed by atoms with van der Waals surface area (Å²) in [5.74, 6) is 0.941. The van der Waals surface area contributed by atoms with Crippen LogP contribution in [-0.4, -0.2) is 32.0 Å². The topological polar surface area (TPSA) is 68.5 Å². The van der Waals surface area contributed by atoms with Crippen LogP contribution >= 0.6 is 0 Å². The van der Waals surface area contributed by atoms with Gasteiger partial charge in [-0.3, -0.25) is 4.68 Å². The van der Waals surface area contributed by atoms with Gasteiger partial charge in [0.25, 0.3) is 0 Å². The maximum atomic E-state index is 4.20. The number of rotatable bonds is 4. The van der Waals surface area contributed by atoms with Gasteiger partial charge >= 0.3 is 0 Å². The average molecular weight is 218 g/mol. The monoisotopic (exact) mass is 218 g/mol. The molecule has 0 aliphatic carbocycles. The quantitative estimate of drug-likeness (QED) is 0.788. The van der Waals surface area contributed by atoms with Gasteiger partial charge in [0, 0.05) is 25.7 Å². The molecule has 0 bridgehead atoms. The molecule has 0 fully saturated rings. The minimum atomic E-state index is 0.179. The fraction of sp³-hybridized carbons (Fsp3) is 0.400. The van der Waals surface area contributed by atoms with Crippen LogP contribution < -0.4 is 5.32 Å². The van der Waals surface area contributed by atoms with E-state index in [0.29, 0.717) is 0 Å². The Bertz CT molecular complexity index is 438. The molecule has 0 aliphatic heterocycles. The molecule has 6 heteroatoms. The normalized spacial score (nSPS) is 12.6. The van der Waals surface area contributed by atoms with Gasteiger partial charge in [-0.1, -0.05) is 0 Å². The van der Waals surface area contributed by atoms with Crippen molar-refractivity contribution in [1.82, 2.24) is 30.3 Å². The molecule has 0 radical (unpaired) electrons. The Morgan fingerprint density at radius 1 is 1.44 bits per heavy atom. The van der Waals surface area contributed by atoms with Gasteiger partial charge in [0.1, 0.15) is 12.2 Å². The molecule has 0 aromatic carbocycles. The SMILES string of the molecule is CNC(Cc1ncnn1C)c1ccnnc1. The maximum Gasteiger partial charge on any atom is 0.138 e. The molecule has 0 amide bonds. The maximum absolute atomic E-state index is 4.20. The van der Waals surface area contributed by atoms with E-state index in [2.05, 4.69) is 25.6 Å². The predicted octanol–water partition coefficient (Wildman–Crippen LogP) is 0.108. The molecule has 1 atom stereocenters. The minimum Gasteiger partial charge on any atom is -0.313 e. The predicted molar refractivity (Wildman–Crippen MR) is 58.5 cm³/mol. The summed E-state index contributed by atoms with van der Waals surface area (Å²) in [7, 11) is 3.81. The number of nitrogens with one attached hydrogen (secondary N) is 1. The summed E-state index contributed by atoms with van der Waals surface area (Å²) in [5, 5.41) is 14.9. The molecule has 2 heterocycles. The summed E-state index contributed by atoms with van der Waals surface area (Å²) in [6.07, 6.45) is 5.79. The summed E-state index contributed by atoms with van der Waals surface area (Å²) >= 11 is 0. The Kier molecular flexibility index (Phi) is 3.21. The molecule has 0 saturated heterocycles. The lowest BCUT2D eigenvalue weighted by Crippen LogP contribution is -2.20. The van der Waals surface area contributed by atoms with E-state index in [1.54, 1.807) is 23.4 Å². The van der Waals surface area contributed by atoms with Crippen LogP contribution in [0.4, 0.5) is 0 Å². The number of nitrogens with zero attached hydrogens (tertiary/aromatic N) is 5. The van der Waals surface area contributed by atoms with Crippen molar-refractivity contribution in [3.8, 4) is 0 Å². The van der Waals surface area contributed by atoms with Crippen LogP contribution in [0.5, 0.6) is 0 Å². The van der Waals surface area contributed by atoms with Crippen molar-refractivity contribution in [2.45, 2.75) is 12.5 Å². The lowest BCUT2D eigenvalue weighted by molar-refractivity contribution is 0.550. The van der Waals surface area contributed by atoms with Crippen LogP contribution in [0, 0.1) is 0 Å². The zero-order chi connectivity index (χ0) is 11.4. The lowest BCUT2D eigenvalue weighted by atomic mass is 10.1. The van der Waals surface area contributed by atoms with Crippen LogP contribution in [0.1, 0.15) is 17.4 Å². The van der Waals surface area contributed by atoms with E-state index in [4.69, 9.17) is 0 Å². The zero-order valence-corrected chi connectivity index (χ0v) is 9.33. The summed E-state index contributed by atoms with van der Waals surface area (Å²) in [5.41, 5.74) is 1.10. The van der Waals surface area contributed by atoms with Gasteiger partial charge in [-0.05, 0) is 18.7 Å². The van der Waals surface area contributed by atoms with Crippen LogP contribution in [-0.2, 0) is 13.5 Å². The van der Waals surface area contributed by atoms with E-state index < -0.39 is 0 Å². The van der Waals surface area contributed by atoms with Gasteiger partial charge in [0.2, 0.25) is 0 Å². The molecule has 2 aromatic heterocycles. The van der Waals surface area contributed by atoms with Gasteiger partial charge in [-0.15, -0.1) is 0 Å². The summed E-state index contributed by atoms with van der Waals surface area (Å²) in [6, 6.07) is 2.13. The van der Waals surface area contributed by atoms with Gasteiger partial charge in [-0.25, -0.2) is 4.98 Å². The molecule has 0 spiro atoms. The molecule has 0 saturated carbocycles. The summed E-state index contributed by atoms with van der Waals surface area (Å²) in [6.45, 7) is 0. The molecule has 1 unspecified atom stereocenters. The average Bonchev–Trinajstić information content (AvgIpc) is 2.73. The van der Waals surface area contributed by atoms with Crippen molar-refractivity contribution in [1.29, 1.82) is 0 Å². The van der Waals surface area contributed by atoms with Gasteiger partial charge < -0.3 is 5.32 Å². The second-order valence-corrected chi connectivity index (χ2v) is 3.52. The second kappa shape index (κ2) is 4.80. The molecule has 2 rings (SSSR count). The molecule has 2 aromatic rings. The number of aromatic nitrogens is 5. The molecular weight excluding hydrogens is 204 g/mol. The number of hydrogen-bond donors (Lipinski definition) is 1. The van der Waals surface area contributed by atoms with Crippen molar-refractivity contribution >= 4 is 0 Å². The van der Waals surface area contributed by atoms with Crippen LogP contribution in [0.2, 0.25) is 0 Å². The standard InChI is InChI=1S/C10H14N6/c1-11-9(8-3-4-13-14-6-8)5-10-12-7-15-16(10)2/h3-4,6-7,9,11H,5H2,1-2H3. The molecular formula is C10H14N6. The largest absolute Gasteiger partial charge is 0.313 e. The van der Waals surface area contributed by atoms with E-state index in [1.807, 2.05) is 20.2 Å². The zero-order valence-electron chi connectivity index (χ0n) is 9.33. The third kappa shape index (κ3) is 2.22. The fourth-order valence-corrected chi connectivity index (χ4v) is 1.58. The van der Waals surface area contributed by atoms with Crippen molar-refractivity contribution in [2.24, 2.45) is 7.05 Å². The van der Waals surface area contributed by atoms with Crippen molar-refractivity contribution in [3.05, 3.63) is 36.2 Å². The van der Waals surface area contributed by atoms with Gasteiger partial charge in [-0.2, -0.15) is 15.3 Å². The third-order valence-electron chi connectivity index (χ3n) is 2.55. The highest BCUT2D eigenvalue weighted by atomic mass is 15.3. The Balaban J connectivity index is 2.16. The highest BCUT2D eigenvalue weighted by Crippen LogP contribution is 2.14. The van der Waals surface area contributed by atoms with Crippen LogP contribution in [0.25, 0.3) is 0 Å². The Morgan fingerprint density at radius 3 is 2.88 bits per heavy atom. The molecule has 84 valence electrons. The van der Waals surface area contributed by atoms with Crippen LogP contribution in [0.15, 0.2) is 24.8 Å². The first-order chi connectivity index (χ1) is 7.81. The fourth-order valence-electron chi connectivity index (χ4n) is 1.58. The number of likely N-dealkylation sites (N-methyl/N-ethyl adjacent to an activating group) is 1. The molecule has 16 heavy (non-hydrogen) atoms. The first-order valence-electron chi connectivity index (χ1n) is 5.08. The first kappa shape index (κ1) is 10.7. The van der Waals surface area contributed by atoms with E-state index in [9.17, 15) is 0 Å². The second-order valence-electron chi connectivity index (χ2n) is 3.52. The number of hydrogen-bond acceptors (Lipinski definition) is 5. The lowest BCUT2D eigenvalue weighted by Gasteiger charge is -2.14. The van der Waals surface area contributed by atoms with E-state index in [-0.39, 0.29) is 6.04 Å². The number of aryl methyl sites for hydroxylation is 1. The molecule has 0 aliphatic rings. The van der Waals surface area contributed by atoms with E-state index in [0.717, 1.165) is 17.8 Å². The first-order valence-corrected chi connectivity index (χ1v) is 5.08.